The van der Waals surface area contributed by atoms with Crippen LogP contribution in [0.2, 0.25) is 5.02 Å². The van der Waals surface area contributed by atoms with Gasteiger partial charge in [0.05, 0.1) is 5.60 Å². The number of halogens is 3. The molecule has 1 nitrogen and oxygen atoms in total. The van der Waals surface area contributed by atoms with Crippen LogP contribution in [0.4, 0.5) is 8.78 Å². The Labute approximate surface area is 105 Å². The van der Waals surface area contributed by atoms with E-state index >= 15 is 0 Å². The largest absolute Gasteiger partial charge is 0.384 e. The van der Waals surface area contributed by atoms with Gasteiger partial charge in [0.25, 0.3) is 0 Å². The van der Waals surface area contributed by atoms with Crippen LogP contribution in [0.3, 0.4) is 0 Å². The zero-order valence-electron chi connectivity index (χ0n) is 10.4. The van der Waals surface area contributed by atoms with Gasteiger partial charge in [-0.2, -0.15) is 0 Å². The van der Waals surface area contributed by atoms with Crippen molar-refractivity contribution in [3.63, 3.8) is 0 Å². The normalized spacial score (nSPS) is 12.6. The van der Waals surface area contributed by atoms with Crippen LogP contribution in [0.1, 0.15) is 33.3 Å². The van der Waals surface area contributed by atoms with Gasteiger partial charge < -0.3 is 5.11 Å². The van der Waals surface area contributed by atoms with Crippen LogP contribution in [0.5, 0.6) is 0 Å². The van der Waals surface area contributed by atoms with E-state index in [0.717, 1.165) is 6.07 Å². The summed E-state index contributed by atoms with van der Waals surface area (Å²) in [7, 11) is 0. The van der Waals surface area contributed by atoms with E-state index in [0.29, 0.717) is 0 Å². The highest BCUT2D eigenvalue weighted by molar-refractivity contribution is 6.31. The van der Waals surface area contributed by atoms with Crippen LogP contribution >= 0.6 is 11.6 Å². The second kappa shape index (κ2) is 4.91. The first-order chi connectivity index (χ1) is 7.72. The zero-order valence-corrected chi connectivity index (χ0v) is 11.1. The maximum Gasteiger partial charge on any atom is 0.166 e. The molecule has 0 saturated heterocycles. The fourth-order valence-electron chi connectivity index (χ4n) is 2.14. The van der Waals surface area contributed by atoms with Gasteiger partial charge in [-0.15, -0.1) is 0 Å². The van der Waals surface area contributed by atoms with Gasteiger partial charge in [0.2, 0.25) is 0 Å². The van der Waals surface area contributed by atoms with E-state index in [1.54, 1.807) is 27.7 Å². The summed E-state index contributed by atoms with van der Waals surface area (Å²) in [6.07, 6.45) is 0. The van der Waals surface area contributed by atoms with E-state index in [2.05, 4.69) is 0 Å². The lowest BCUT2D eigenvalue weighted by Crippen LogP contribution is -2.39. The van der Waals surface area contributed by atoms with Crippen molar-refractivity contribution in [1.29, 1.82) is 0 Å². The van der Waals surface area contributed by atoms with Crippen LogP contribution in [-0.4, -0.2) is 5.11 Å². The fraction of sp³-hybridized carbons (Fsp3) is 0.538. The lowest BCUT2D eigenvalue weighted by atomic mass is 9.75. The first-order valence-electron chi connectivity index (χ1n) is 5.59. The van der Waals surface area contributed by atoms with Crippen molar-refractivity contribution in [1.82, 2.24) is 0 Å². The molecule has 4 heteroatoms. The van der Waals surface area contributed by atoms with Crippen molar-refractivity contribution in [2.24, 2.45) is 11.8 Å². The smallest absolute Gasteiger partial charge is 0.166 e. The molecular weight excluding hydrogens is 246 g/mol. The van der Waals surface area contributed by atoms with Gasteiger partial charge >= 0.3 is 0 Å². The second-order valence-corrected chi connectivity index (χ2v) is 5.26. The molecule has 0 fully saturated rings. The van der Waals surface area contributed by atoms with E-state index < -0.39 is 17.2 Å². The monoisotopic (exact) mass is 262 g/mol. The van der Waals surface area contributed by atoms with Gasteiger partial charge in [0.15, 0.2) is 11.6 Å². The molecule has 0 atom stereocenters. The van der Waals surface area contributed by atoms with Crippen LogP contribution in [-0.2, 0) is 5.60 Å². The molecule has 0 spiro atoms. The summed E-state index contributed by atoms with van der Waals surface area (Å²) in [6, 6.07) is 2.23. The zero-order chi connectivity index (χ0) is 13.4. The molecule has 1 rings (SSSR count). The first-order valence-corrected chi connectivity index (χ1v) is 5.97. The molecule has 0 aliphatic carbocycles. The lowest BCUT2D eigenvalue weighted by Gasteiger charge is -2.37. The molecule has 17 heavy (non-hydrogen) atoms. The van der Waals surface area contributed by atoms with Gasteiger partial charge in [-0.3, -0.25) is 0 Å². The van der Waals surface area contributed by atoms with Crippen molar-refractivity contribution in [3.8, 4) is 0 Å². The Kier molecular flexibility index (Phi) is 4.15. The summed E-state index contributed by atoms with van der Waals surface area (Å²) in [6.45, 7) is 7.00. The van der Waals surface area contributed by atoms with Gasteiger partial charge in [-0.05, 0) is 24.0 Å². The van der Waals surface area contributed by atoms with Crippen LogP contribution < -0.4 is 0 Å². The molecule has 1 aromatic rings. The number of rotatable bonds is 3. The molecule has 1 N–H and O–H groups in total. The van der Waals surface area contributed by atoms with E-state index in [1.165, 1.54) is 6.07 Å². The summed E-state index contributed by atoms with van der Waals surface area (Å²) < 4.78 is 27.1. The van der Waals surface area contributed by atoms with E-state index in [9.17, 15) is 13.9 Å². The Hall–Kier alpha value is -0.670. The molecule has 0 radical (unpaired) electrons. The molecule has 0 unspecified atom stereocenters. The minimum Gasteiger partial charge on any atom is -0.384 e. The Morgan fingerprint density at radius 1 is 1.12 bits per heavy atom. The van der Waals surface area contributed by atoms with Crippen molar-refractivity contribution in [3.05, 3.63) is 34.4 Å². The molecule has 0 bridgehead atoms. The predicted molar refractivity (Wildman–Crippen MR) is 64.9 cm³/mol. The highest BCUT2D eigenvalue weighted by Crippen LogP contribution is 2.42. The maximum absolute atomic E-state index is 13.9. The highest BCUT2D eigenvalue weighted by Gasteiger charge is 2.41. The molecule has 0 heterocycles. The topological polar surface area (TPSA) is 20.2 Å². The van der Waals surface area contributed by atoms with Gasteiger partial charge in [0.1, 0.15) is 0 Å². The Morgan fingerprint density at radius 3 is 2.00 bits per heavy atom. The van der Waals surface area contributed by atoms with Crippen LogP contribution in [0, 0.1) is 23.5 Å². The minimum absolute atomic E-state index is 0.0498. The molecule has 0 aliphatic heterocycles. The van der Waals surface area contributed by atoms with Gasteiger partial charge in [-0.25, -0.2) is 8.78 Å². The summed E-state index contributed by atoms with van der Waals surface area (Å²) in [5, 5.41) is 10.7. The van der Waals surface area contributed by atoms with E-state index in [4.69, 9.17) is 11.6 Å². The average molecular weight is 263 g/mol. The molecule has 1 aromatic carbocycles. The van der Waals surface area contributed by atoms with E-state index in [-0.39, 0.29) is 22.4 Å². The van der Waals surface area contributed by atoms with Crippen LogP contribution in [0.25, 0.3) is 0 Å². The molecule has 0 aliphatic rings. The number of benzene rings is 1. The predicted octanol–water partition coefficient (Wildman–Crippen LogP) is 4.12. The van der Waals surface area contributed by atoms with Crippen LogP contribution in [0.15, 0.2) is 12.1 Å². The Balaban J connectivity index is 3.55. The van der Waals surface area contributed by atoms with Crippen molar-refractivity contribution in [2.75, 3.05) is 0 Å². The highest BCUT2D eigenvalue weighted by atomic mass is 35.5. The molecule has 0 saturated carbocycles. The SMILES string of the molecule is CC(C)C(O)(c1c(Cl)ccc(F)c1F)C(C)C. The summed E-state index contributed by atoms with van der Waals surface area (Å²) in [5.74, 6) is -2.63. The number of aliphatic hydroxyl groups is 1. The first kappa shape index (κ1) is 14.4. The van der Waals surface area contributed by atoms with Crippen molar-refractivity contribution < 1.29 is 13.9 Å². The average Bonchev–Trinajstić information content (AvgIpc) is 2.23. The quantitative estimate of drug-likeness (QED) is 0.813. The Morgan fingerprint density at radius 2 is 1.59 bits per heavy atom. The summed E-state index contributed by atoms with van der Waals surface area (Å²) >= 11 is 5.91. The third kappa shape index (κ3) is 2.31. The standard InChI is InChI=1S/C13H17ClF2O/c1-7(2)13(17,8(3)4)11-9(14)5-6-10(15)12(11)16/h5-8,17H,1-4H3. The second-order valence-electron chi connectivity index (χ2n) is 4.85. The van der Waals surface area contributed by atoms with Gasteiger partial charge in [-0.1, -0.05) is 39.3 Å². The lowest BCUT2D eigenvalue weighted by molar-refractivity contribution is -0.0562. The molecule has 0 aromatic heterocycles. The van der Waals surface area contributed by atoms with Crippen molar-refractivity contribution >= 4 is 11.6 Å². The van der Waals surface area contributed by atoms with E-state index in [1.807, 2.05) is 0 Å². The molecule has 96 valence electrons. The fourth-order valence-corrected chi connectivity index (χ4v) is 2.44. The summed E-state index contributed by atoms with van der Waals surface area (Å²) in [5.41, 5.74) is -1.63. The third-order valence-electron chi connectivity index (χ3n) is 3.20. The van der Waals surface area contributed by atoms with Crippen molar-refractivity contribution in [2.45, 2.75) is 33.3 Å². The Bertz CT molecular complexity index is 408. The van der Waals surface area contributed by atoms with Gasteiger partial charge in [0, 0.05) is 10.6 Å². The third-order valence-corrected chi connectivity index (χ3v) is 3.52. The summed E-state index contributed by atoms with van der Waals surface area (Å²) in [4.78, 5) is 0. The number of hydrogen-bond donors (Lipinski definition) is 1. The molecular formula is C13H17ClF2O. The number of hydrogen-bond acceptors (Lipinski definition) is 1. The molecule has 0 amide bonds. The minimum atomic E-state index is -1.48. The maximum atomic E-state index is 13.9.